The number of phenolic OH excluding ortho intramolecular Hbond substituents is 2. The number of hydrogen-bond acceptors (Lipinski definition) is 3. The number of phenols is 2. The summed E-state index contributed by atoms with van der Waals surface area (Å²) in [5, 5.41) is 19.7. The normalized spacial score (nSPS) is 16.5. The lowest BCUT2D eigenvalue weighted by Gasteiger charge is -2.32. The highest BCUT2D eigenvalue weighted by Crippen LogP contribution is 2.36. The minimum atomic E-state index is 0.203. The van der Waals surface area contributed by atoms with Gasteiger partial charge in [0.05, 0.1) is 0 Å². The second-order valence-corrected chi connectivity index (χ2v) is 4.82. The molecule has 0 radical (unpaired) electrons. The molecule has 16 heavy (non-hydrogen) atoms. The van der Waals surface area contributed by atoms with Crippen LogP contribution in [0.25, 0.3) is 0 Å². The Bertz CT molecular complexity index is 413. The number of rotatable bonds is 1. The molecule has 3 heteroatoms. The summed E-state index contributed by atoms with van der Waals surface area (Å²) in [7, 11) is 0. The van der Waals surface area contributed by atoms with Crippen LogP contribution >= 0.6 is 0 Å². The van der Waals surface area contributed by atoms with E-state index in [-0.39, 0.29) is 11.5 Å². The van der Waals surface area contributed by atoms with Gasteiger partial charge in [-0.15, -0.1) is 0 Å². The van der Waals surface area contributed by atoms with Gasteiger partial charge in [0.1, 0.15) is 11.5 Å². The molecule has 1 aliphatic heterocycles. The highest BCUT2D eigenvalue weighted by atomic mass is 16.3. The summed E-state index contributed by atoms with van der Waals surface area (Å²) in [6.45, 7) is 7.84. The molecule has 1 aromatic rings. The quantitative estimate of drug-likeness (QED) is 0.764. The molecule has 0 saturated heterocycles. The van der Waals surface area contributed by atoms with Crippen LogP contribution in [0.5, 0.6) is 11.5 Å². The average molecular weight is 221 g/mol. The van der Waals surface area contributed by atoms with Gasteiger partial charge < -0.3 is 10.2 Å². The predicted molar refractivity (Wildman–Crippen MR) is 63.8 cm³/mol. The Morgan fingerprint density at radius 2 is 2.00 bits per heavy atom. The number of hydrogen-bond donors (Lipinski definition) is 2. The molecule has 88 valence electrons. The van der Waals surface area contributed by atoms with Crippen LogP contribution in [0.4, 0.5) is 0 Å². The SMILES string of the molecule is Cc1c(O)cc2c(c1O)CN(C(C)C)CC2. The Morgan fingerprint density at radius 3 is 2.62 bits per heavy atom. The molecule has 2 rings (SSSR count). The van der Waals surface area contributed by atoms with Crippen molar-refractivity contribution >= 4 is 0 Å². The maximum absolute atomic E-state index is 10.0. The van der Waals surface area contributed by atoms with Gasteiger partial charge in [-0.1, -0.05) is 0 Å². The third-order valence-electron chi connectivity index (χ3n) is 3.48. The Morgan fingerprint density at radius 1 is 1.31 bits per heavy atom. The van der Waals surface area contributed by atoms with Crippen molar-refractivity contribution in [3.63, 3.8) is 0 Å². The smallest absolute Gasteiger partial charge is 0.126 e. The third kappa shape index (κ3) is 1.76. The second kappa shape index (κ2) is 3.98. The maximum atomic E-state index is 10.0. The first-order valence-electron chi connectivity index (χ1n) is 5.78. The summed E-state index contributed by atoms with van der Waals surface area (Å²) < 4.78 is 0. The van der Waals surface area contributed by atoms with E-state index in [1.165, 1.54) is 0 Å². The van der Waals surface area contributed by atoms with Crippen molar-refractivity contribution in [2.24, 2.45) is 0 Å². The van der Waals surface area contributed by atoms with E-state index in [0.717, 1.165) is 30.6 Å². The molecule has 0 saturated carbocycles. The van der Waals surface area contributed by atoms with Gasteiger partial charge in [0.25, 0.3) is 0 Å². The Hall–Kier alpha value is -1.22. The first-order chi connectivity index (χ1) is 7.50. The van der Waals surface area contributed by atoms with Gasteiger partial charge in [0, 0.05) is 30.3 Å². The summed E-state index contributed by atoms with van der Waals surface area (Å²) in [4.78, 5) is 2.33. The van der Waals surface area contributed by atoms with Crippen LogP contribution in [-0.2, 0) is 13.0 Å². The fourth-order valence-electron chi connectivity index (χ4n) is 2.25. The van der Waals surface area contributed by atoms with Gasteiger partial charge in [0.15, 0.2) is 0 Å². The fraction of sp³-hybridized carbons (Fsp3) is 0.538. The van der Waals surface area contributed by atoms with Crippen molar-refractivity contribution in [2.45, 2.75) is 39.8 Å². The predicted octanol–water partition coefficient (Wildman–Crippen LogP) is 2.17. The molecule has 0 aliphatic carbocycles. The van der Waals surface area contributed by atoms with Gasteiger partial charge in [-0.3, -0.25) is 4.90 Å². The Kier molecular flexibility index (Phi) is 2.80. The molecule has 1 aliphatic rings. The monoisotopic (exact) mass is 221 g/mol. The molecule has 0 unspecified atom stereocenters. The molecule has 2 N–H and O–H groups in total. The first kappa shape index (κ1) is 11.3. The number of benzene rings is 1. The number of aromatic hydroxyl groups is 2. The molecule has 0 aromatic heterocycles. The van der Waals surface area contributed by atoms with Gasteiger partial charge >= 0.3 is 0 Å². The lowest BCUT2D eigenvalue weighted by atomic mass is 9.95. The van der Waals surface area contributed by atoms with Crippen LogP contribution in [0.1, 0.15) is 30.5 Å². The number of fused-ring (bicyclic) bond motifs is 1. The van der Waals surface area contributed by atoms with Gasteiger partial charge in [-0.2, -0.15) is 0 Å². The molecule has 0 bridgehead atoms. The summed E-state index contributed by atoms with van der Waals surface area (Å²) in [5.74, 6) is 0.467. The zero-order valence-electron chi connectivity index (χ0n) is 10.1. The summed E-state index contributed by atoms with van der Waals surface area (Å²) >= 11 is 0. The average Bonchev–Trinajstić information content (AvgIpc) is 2.25. The minimum Gasteiger partial charge on any atom is -0.508 e. The van der Waals surface area contributed by atoms with Crippen LogP contribution in [0.2, 0.25) is 0 Å². The minimum absolute atomic E-state index is 0.203. The van der Waals surface area contributed by atoms with E-state index in [2.05, 4.69) is 18.7 Å². The Labute approximate surface area is 96.3 Å². The van der Waals surface area contributed by atoms with Crippen molar-refractivity contribution in [3.8, 4) is 11.5 Å². The molecule has 0 fully saturated rings. The zero-order chi connectivity index (χ0) is 11.9. The molecule has 3 nitrogen and oxygen atoms in total. The fourth-order valence-corrected chi connectivity index (χ4v) is 2.25. The van der Waals surface area contributed by atoms with E-state index in [1.54, 1.807) is 13.0 Å². The molecular formula is C13H19NO2. The van der Waals surface area contributed by atoms with Crippen LogP contribution < -0.4 is 0 Å². The largest absolute Gasteiger partial charge is 0.508 e. The molecule has 1 aromatic carbocycles. The van der Waals surface area contributed by atoms with E-state index in [9.17, 15) is 10.2 Å². The number of nitrogens with zero attached hydrogens (tertiary/aromatic N) is 1. The summed E-state index contributed by atoms with van der Waals surface area (Å²) in [5.41, 5.74) is 2.65. The summed E-state index contributed by atoms with van der Waals surface area (Å²) in [6, 6.07) is 2.28. The van der Waals surface area contributed by atoms with Crippen molar-refractivity contribution in [1.29, 1.82) is 0 Å². The topological polar surface area (TPSA) is 43.7 Å². The molecule has 1 heterocycles. The van der Waals surface area contributed by atoms with Gasteiger partial charge in [-0.05, 0) is 38.8 Å². The summed E-state index contributed by atoms with van der Waals surface area (Å²) in [6.07, 6.45) is 0.898. The van der Waals surface area contributed by atoms with Crippen LogP contribution in [0.3, 0.4) is 0 Å². The lowest BCUT2D eigenvalue weighted by Crippen LogP contribution is -2.35. The molecular weight excluding hydrogens is 202 g/mol. The highest BCUT2D eigenvalue weighted by molar-refractivity contribution is 5.52. The van der Waals surface area contributed by atoms with Crippen molar-refractivity contribution < 1.29 is 10.2 Å². The van der Waals surface area contributed by atoms with Crippen LogP contribution in [0.15, 0.2) is 6.07 Å². The van der Waals surface area contributed by atoms with Crippen LogP contribution in [-0.4, -0.2) is 27.7 Å². The molecule has 0 amide bonds. The van der Waals surface area contributed by atoms with Crippen molar-refractivity contribution in [3.05, 3.63) is 22.8 Å². The Balaban J connectivity index is 2.41. The highest BCUT2D eigenvalue weighted by Gasteiger charge is 2.23. The van der Waals surface area contributed by atoms with E-state index in [4.69, 9.17) is 0 Å². The zero-order valence-corrected chi connectivity index (χ0v) is 10.1. The van der Waals surface area contributed by atoms with E-state index >= 15 is 0 Å². The standard InChI is InChI=1S/C13H19NO2/c1-8(2)14-5-4-10-6-12(15)9(3)13(16)11(10)7-14/h6,8,15-16H,4-5,7H2,1-3H3. The van der Waals surface area contributed by atoms with E-state index < -0.39 is 0 Å². The van der Waals surface area contributed by atoms with E-state index in [0.29, 0.717) is 11.6 Å². The van der Waals surface area contributed by atoms with Crippen LogP contribution in [0, 0.1) is 6.92 Å². The van der Waals surface area contributed by atoms with Crippen molar-refractivity contribution in [1.82, 2.24) is 4.90 Å². The van der Waals surface area contributed by atoms with Gasteiger partial charge in [-0.25, -0.2) is 0 Å². The lowest BCUT2D eigenvalue weighted by molar-refractivity contribution is 0.200. The van der Waals surface area contributed by atoms with Crippen molar-refractivity contribution in [2.75, 3.05) is 6.54 Å². The van der Waals surface area contributed by atoms with Gasteiger partial charge in [0.2, 0.25) is 0 Å². The molecule has 0 atom stereocenters. The molecule has 0 spiro atoms. The third-order valence-corrected chi connectivity index (χ3v) is 3.48. The first-order valence-corrected chi connectivity index (χ1v) is 5.78. The van der Waals surface area contributed by atoms with E-state index in [1.807, 2.05) is 0 Å². The maximum Gasteiger partial charge on any atom is 0.126 e. The second-order valence-electron chi connectivity index (χ2n) is 4.82.